The standard InChI is InChI=1S/C21H16ClNO4/c22-15-7-9-18(27-16-4-2-1-3-5-16)17(13-15)23-21(24)14-6-8-19-20(12-14)26-11-10-25-19/h1-9,12-13H,10-11H2,(H,23,24). The summed E-state index contributed by atoms with van der Waals surface area (Å²) in [6.45, 7) is 0.961. The fourth-order valence-electron chi connectivity index (χ4n) is 2.68. The highest BCUT2D eigenvalue weighted by atomic mass is 35.5. The van der Waals surface area contributed by atoms with Crippen LogP contribution in [-0.2, 0) is 0 Å². The van der Waals surface area contributed by atoms with Gasteiger partial charge in [-0.25, -0.2) is 0 Å². The van der Waals surface area contributed by atoms with Crippen molar-refractivity contribution in [2.24, 2.45) is 0 Å². The molecule has 3 aromatic rings. The monoisotopic (exact) mass is 381 g/mol. The summed E-state index contributed by atoms with van der Waals surface area (Å²) in [5.74, 6) is 2.05. The number of hydrogen-bond donors (Lipinski definition) is 1. The van der Waals surface area contributed by atoms with Gasteiger partial charge in [0.1, 0.15) is 19.0 Å². The Morgan fingerprint density at radius 3 is 2.52 bits per heavy atom. The zero-order chi connectivity index (χ0) is 18.6. The molecule has 0 radical (unpaired) electrons. The Balaban J connectivity index is 1.58. The summed E-state index contributed by atoms with van der Waals surface area (Å²) in [5.41, 5.74) is 0.927. The van der Waals surface area contributed by atoms with Gasteiger partial charge in [0.25, 0.3) is 5.91 Å². The van der Waals surface area contributed by atoms with Crippen LogP contribution in [0.2, 0.25) is 5.02 Å². The fourth-order valence-corrected chi connectivity index (χ4v) is 2.86. The zero-order valence-electron chi connectivity index (χ0n) is 14.3. The van der Waals surface area contributed by atoms with Gasteiger partial charge in [-0.05, 0) is 48.5 Å². The number of amides is 1. The number of para-hydroxylation sites is 1. The average molecular weight is 382 g/mol. The molecule has 6 heteroatoms. The second-order valence-electron chi connectivity index (χ2n) is 5.87. The molecule has 0 unspecified atom stereocenters. The van der Waals surface area contributed by atoms with Crippen molar-refractivity contribution in [2.75, 3.05) is 18.5 Å². The minimum atomic E-state index is -0.299. The van der Waals surface area contributed by atoms with Crippen LogP contribution in [0.3, 0.4) is 0 Å². The summed E-state index contributed by atoms with van der Waals surface area (Å²) >= 11 is 6.10. The van der Waals surface area contributed by atoms with Gasteiger partial charge >= 0.3 is 0 Å². The maximum Gasteiger partial charge on any atom is 0.255 e. The lowest BCUT2D eigenvalue weighted by Gasteiger charge is -2.19. The molecule has 0 aliphatic carbocycles. The highest BCUT2D eigenvalue weighted by Crippen LogP contribution is 2.34. The first kappa shape index (κ1) is 17.2. The summed E-state index contributed by atoms with van der Waals surface area (Å²) in [6, 6.07) is 19.5. The average Bonchev–Trinajstić information content (AvgIpc) is 2.70. The predicted octanol–water partition coefficient (Wildman–Crippen LogP) is 5.16. The second kappa shape index (κ2) is 7.60. The smallest absolute Gasteiger partial charge is 0.255 e. The molecule has 4 rings (SSSR count). The van der Waals surface area contributed by atoms with E-state index in [1.54, 1.807) is 36.4 Å². The number of hydrogen-bond acceptors (Lipinski definition) is 4. The van der Waals surface area contributed by atoms with Gasteiger partial charge in [-0.2, -0.15) is 0 Å². The van der Waals surface area contributed by atoms with Crippen molar-refractivity contribution in [3.05, 3.63) is 77.3 Å². The number of halogens is 1. The lowest BCUT2D eigenvalue weighted by molar-refractivity contribution is 0.102. The molecule has 0 spiro atoms. The van der Waals surface area contributed by atoms with E-state index in [0.717, 1.165) is 0 Å². The fraction of sp³-hybridized carbons (Fsp3) is 0.0952. The molecule has 1 N–H and O–H groups in total. The summed E-state index contributed by atoms with van der Waals surface area (Å²) in [4.78, 5) is 12.7. The van der Waals surface area contributed by atoms with E-state index in [9.17, 15) is 4.79 Å². The third-order valence-corrected chi connectivity index (χ3v) is 4.20. The summed E-state index contributed by atoms with van der Waals surface area (Å²) in [6.07, 6.45) is 0. The van der Waals surface area contributed by atoms with Crippen LogP contribution >= 0.6 is 11.6 Å². The van der Waals surface area contributed by atoms with Gasteiger partial charge in [-0.1, -0.05) is 29.8 Å². The van der Waals surface area contributed by atoms with Gasteiger partial charge in [-0.3, -0.25) is 4.79 Å². The molecule has 136 valence electrons. The van der Waals surface area contributed by atoms with Crippen molar-refractivity contribution in [1.82, 2.24) is 0 Å². The molecule has 1 amide bonds. The Kier molecular flexibility index (Phi) is 4.85. The number of ether oxygens (including phenoxy) is 3. The second-order valence-corrected chi connectivity index (χ2v) is 6.30. The number of nitrogens with one attached hydrogen (secondary N) is 1. The van der Waals surface area contributed by atoms with E-state index in [4.69, 9.17) is 25.8 Å². The van der Waals surface area contributed by atoms with Gasteiger partial charge < -0.3 is 19.5 Å². The van der Waals surface area contributed by atoms with Crippen molar-refractivity contribution in [2.45, 2.75) is 0 Å². The Morgan fingerprint density at radius 2 is 1.70 bits per heavy atom. The van der Waals surface area contributed by atoms with Crippen molar-refractivity contribution in [1.29, 1.82) is 0 Å². The Morgan fingerprint density at radius 1 is 0.926 bits per heavy atom. The van der Waals surface area contributed by atoms with Crippen LogP contribution in [0.1, 0.15) is 10.4 Å². The molecular formula is C21H16ClNO4. The molecule has 0 atom stereocenters. The number of carbonyl (C=O) groups excluding carboxylic acids is 1. The summed E-state index contributed by atoms with van der Waals surface area (Å²) in [7, 11) is 0. The number of benzene rings is 3. The summed E-state index contributed by atoms with van der Waals surface area (Å²) in [5, 5.41) is 3.34. The van der Waals surface area contributed by atoms with Crippen LogP contribution in [-0.4, -0.2) is 19.1 Å². The Bertz CT molecular complexity index is 975. The molecule has 5 nitrogen and oxygen atoms in total. The van der Waals surface area contributed by atoms with Gasteiger partial charge in [0, 0.05) is 10.6 Å². The van der Waals surface area contributed by atoms with Crippen LogP contribution in [0, 0.1) is 0 Å². The van der Waals surface area contributed by atoms with E-state index in [0.29, 0.717) is 52.5 Å². The van der Waals surface area contributed by atoms with Crippen molar-refractivity contribution < 1.29 is 19.0 Å². The quantitative estimate of drug-likeness (QED) is 0.678. The van der Waals surface area contributed by atoms with Gasteiger partial charge in [-0.15, -0.1) is 0 Å². The first-order valence-corrected chi connectivity index (χ1v) is 8.80. The molecule has 0 bridgehead atoms. The SMILES string of the molecule is O=C(Nc1cc(Cl)ccc1Oc1ccccc1)c1ccc2c(c1)OCCO2. The van der Waals surface area contributed by atoms with Crippen molar-refractivity contribution >= 4 is 23.2 Å². The van der Waals surface area contributed by atoms with E-state index < -0.39 is 0 Å². The number of anilines is 1. The molecular weight excluding hydrogens is 366 g/mol. The molecule has 0 aromatic heterocycles. The normalized spacial score (nSPS) is 12.3. The van der Waals surface area contributed by atoms with E-state index in [1.165, 1.54) is 0 Å². The third-order valence-electron chi connectivity index (χ3n) is 3.97. The minimum absolute atomic E-state index is 0.299. The van der Waals surface area contributed by atoms with E-state index in [2.05, 4.69) is 5.32 Å². The third kappa shape index (κ3) is 3.99. The zero-order valence-corrected chi connectivity index (χ0v) is 15.0. The van der Waals surface area contributed by atoms with Crippen LogP contribution in [0.15, 0.2) is 66.7 Å². The summed E-state index contributed by atoms with van der Waals surface area (Å²) < 4.78 is 16.9. The topological polar surface area (TPSA) is 56.8 Å². The Labute approximate surface area is 161 Å². The van der Waals surface area contributed by atoms with E-state index >= 15 is 0 Å². The molecule has 1 heterocycles. The highest BCUT2D eigenvalue weighted by Gasteiger charge is 2.16. The van der Waals surface area contributed by atoms with E-state index in [-0.39, 0.29) is 5.91 Å². The van der Waals surface area contributed by atoms with Crippen LogP contribution in [0.25, 0.3) is 0 Å². The van der Waals surface area contributed by atoms with Crippen LogP contribution in [0.5, 0.6) is 23.0 Å². The largest absolute Gasteiger partial charge is 0.486 e. The van der Waals surface area contributed by atoms with Crippen LogP contribution < -0.4 is 19.5 Å². The Hall–Kier alpha value is -3.18. The van der Waals surface area contributed by atoms with E-state index in [1.807, 2.05) is 30.3 Å². The van der Waals surface area contributed by atoms with Crippen molar-refractivity contribution in [3.63, 3.8) is 0 Å². The van der Waals surface area contributed by atoms with Crippen LogP contribution in [0.4, 0.5) is 5.69 Å². The first-order chi connectivity index (χ1) is 13.2. The molecule has 27 heavy (non-hydrogen) atoms. The molecule has 0 saturated heterocycles. The maximum atomic E-state index is 12.7. The van der Waals surface area contributed by atoms with Gasteiger partial charge in [0.2, 0.25) is 0 Å². The molecule has 1 aliphatic rings. The number of carbonyl (C=O) groups is 1. The molecule has 1 aliphatic heterocycles. The predicted molar refractivity (Wildman–Crippen MR) is 103 cm³/mol. The first-order valence-electron chi connectivity index (χ1n) is 8.42. The molecule has 0 saturated carbocycles. The molecule has 0 fully saturated rings. The highest BCUT2D eigenvalue weighted by molar-refractivity contribution is 6.31. The van der Waals surface area contributed by atoms with Crippen molar-refractivity contribution in [3.8, 4) is 23.0 Å². The maximum absolute atomic E-state index is 12.7. The lowest BCUT2D eigenvalue weighted by atomic mass is 10.1. The number of rotatable bonds is 4. The van der Waals surface area contributed by atoms with Gasteiger partial charge in [0.05, 0.1) is 5.69 Å². The number of fused-ring (bicyclic) bond motifs is 1. The minimum Gasteiger partial charge on any atom is -0.486 e. The lowest BCUT2D eigenvalue weighted by Crippen LogP contribution is -2.17. The van der Waals surface area contributed by atoms with Gasteiger partial charge in [0.15, 0.2) is 17.2 Å². The molecule has 3 aromatic carbocycles.